The summed E-state index contributed by atoms with van der Waals surface area (Å²) < 4.78 is 0. The first-order valence-corrected chi connectivity index (χ1v) is 6.36. The zero-order valence-electron chi connectivity index (χ0n) is 11.3. The third kappa shape index (κ3) is 7.60. The van der Waals surface area contributed by atoms with Gasteiger partial charge in [-0.3, -0.25) is 5.41 Å². The van der Waals surface area contributed by atoms with Crippen molar-refractivity contribution < 1.29 is 0 Å². The summed E-state index contributed by atoms with van der Waals surface area (Å²) in [6.45, 7) is 1.83. The van der Waals surface area contributed by atoms with Crippen molar-refractivity contribution in [1.29, 1.82) is 5.41 Å². The summed E-state index contributed by atoms with van der Waals surface area (Å²) in [5.41, 5.74) is 11.3. The van der Waals surface area contributed by atoms with Crippen LogP contribution in [-0.2, 0) is 0 Å². The number of para-hydroxylation sites is 2. The highest BCUT2D eigenvalue weighted by Crippen LogP contribution is 2.05. The van der Waals surface area contributed by atoms with Gasteiger partial charge in [-0.15, -0.1) is 0 Å². The van der Waals surface area contributed by atoms with Crippen LogP contribution in [0.3, 0.4) is 0 Å². The molecule has 7 N–H and O–H groups in total. The average molecular weight is 271 g/mol. The Kier molecular flexibility index (Phi) is 7.12. The van der Waals surface area contributed by atoms with Crippen LogP contribution in [0.25, 0.3) is 0 Å². The topological polar surface area (TPSA) is 100.0 Å². The van der Waals surface area contributed by atoms with Crippen molar-refractivity contribution in [3.05, 3.63) is 60.7 Å². The van der Waals surface area contributed by atoms with Crippen molar-refractivity contribution in [1.82, 2.24) is 0 Å². The molecule has 2 rings (SSSR count). The normalized spacial score (nSPS) is 9.00. The van der Waals surface area contributed by atoms with E-state index in [-0.39, 0.29) is 5.96 Å². The van der Waals surface area contributed by atoms with Gasteiger partial charge in [0, 0.05) is 24.5 Å². The molecule has 0 fully saturated rings. The lowest BCUT2D eigenvalue weighted by Crippen LogP contribution is -2.20. The number of anilines is 2. The van der Waals surface area contributed by atoms with Crippen LogP contribution >= 0.6 is 0 Å². The summed E-state index contributed by atoms with van der Waals surface area (Å²) in [6.07, 6.45) is 0. The molecule has 0 unspecified atom stereocenters. The van der Waals surface area contributed by atoms with Gasteiger partial charge in [-0.25, -0.2) is 0 Å². The molecule has 2 aromatic carbocycles. The van der Waals surface area contributed by atoms with E-state index in [1.807, 2.05) is 36.4 Å². The van der Waals surface area contributed by atoms with Gasteiger partial charge in [0.25, 0.3) is 0 Å². The van der Waals surface area contributed by atoms with Gasteiger partial charge >= 0.3 is 0 Å². The number of hydrogen-bond acceptors (Lipinski definition) is 3. The van der Waals surface area contributed by atoms with E-state index in [2.05, 4.69) is 46.4 Å². The molecule has 0 amide bonds. The fourth-order valence-corrected chi connectivity index (χ4v) is 1.53. The standard InChI is InChI=1S/C14H16N2.CH5N3/c1-3-7-13(8-4-1)15-11-12-16-14-9-5-2-6-10-14;2-1(3)4/h1-10,15-16H,11-12H2;(H5,2,3,4). The summed E-state index contributed by atoms with van der Waals surface area (Å²) in [4.78, 5) is 0. The summed E-state index contributed by atoms with van der Waals surface area (Å²) in [7, 11) is 0. The molecule has 0 atom stereocenters. The lowest BCUT2D eigenvalue weighted by Gasteiger charge is -2.08. The summed E-state index contributed by atoms with van der Waals surface area (Å²) in [6, 6.07) is 20.5. The molecule has 0 saturated heterocycles. The van der Waals surface area contributed by atoms with Crippen LogP contribution in [0.2, 0.25) is 0 Å². The van der Waals surface area contributed by atoms with Gasteiger partial charge < -0.3 is 22.1 Å². The lowest BCUT2D eigenvalue weighted by molar-refractivity contribution is 1.08. The lowest BCUT2D eigenvalue weighted by atomic mass is 10.3. The Morgan fingerprint density at radius 2 is 1.05 bits per heavy atom. The molecule has 2 aromatic rings. The molecule has 0 aliphatic carbocycles. The third-order valence-corrected chi connectivity index (χ3v) is 2.33. The zero-order chi connectivity index (χ0) is 14.6. The Bertz CT molecular complexity index is 439. The smallest absolute Gasteiger partial charge is 0.183 e. The highest BCUT2D eigenvalue weighted by molar-refractivity contribution is 5.71. The van der Waals surface area contributed by atoms with E-state index in [1.165, 1.54) is 0 Å². The summed E-state index contributed by atoms with van der Waals surface area (Å²) in [5, 5.41) is 12.8. The highest BCUT2D eigenvalue weighted by atomic mass is 14.9. The molecule has 106 valence electrons. The van der Waals surface area contributed by atoms with Crippen molar-refractivity contribution in [2.24, 2.45) is 11.5 Å². The molecule has 0 spiro atoms. The molecule has 20 heavy (non-hydrogen) atoms. The minimum atomic E-state index is -0.333. The monoisotopic (exact) mass is 271 g/mol. The SMILES string of the molecule is N=C(N)N.c1ccc(NCCNc2ccccc2)cc1. The number of nitrogens with two attached hydrogens (primary N) is 2. The van der Waals surface area contributed by atoms with E-state index >= 15 is 0 Å². The second-order valence-electron chi connectivity index (χ2n) is 4.04. The molecule has 0 saturated carbocycles. The molecular weight excluding hydrogens is 250 g/mol. The molecule has 0 heterocycles. The van der Waals surface area contributed by atoms with E-state index in [0.29, 0.717) is 0 Å². The number of rotatable bonds is 5. The fourth-order valence-electron chi connectivity index (χ4n) is 1.53. The number of guanidine groups is 1. The number of nitrogens with one attached hydrogen (secondary N) is 3. The molecular formula is C15H21N5. The maximum atomic E-state index is 6.06. The predicted molar refractivity (Wildman–Crippen MR) is 86.0 cm³/mol. The maximum Gasteiger partial charge on any atom is 0.183 e. The molecule has 0 radical (unpaired) electrons. The highest BCUT2D eigenvalue weighted by Gasteiger charge is 1.90. The summed E-state index contributed by atoms with van der Waals surface area (Å²) in [5.74, 6) is -0.333. The third-order valence-electron chi connectivity index (χ3n) is 2.33. The quantitative estimate of drug-likeness (QED) is 0.326. The molecule has 0 aliphatic heterocycles. The first-order valence-electron chi connectivity index (χ1n) is 6.36. The average Bonchev–Trinajstić information content (AvgIpc) is 2.45. The second kappa shape index (κ2) is 9.27. The Labute approximate surface area is 119 Å². The van der Waals surface area contributed by atoms with Gasteiger partial charge in [-0.05, 0) is 24.3 Å². The maximum absolute atomic E-state index is 6.06. The molecule has 5 nitrogen and oxygen atoms in total. The van der Waals surface area contributed by atoms with Crippen LogP contribution in [0, 0.1) is 5.41 Å². The zero-order valence-corrected chi connectivity index (χ0v) is 11.3. The van der Waals surface area contributed by atoms with Crippen molar-refractivity contribution in [3.8, 4) is 0 Å². The van der Waals surface area contributed by atoms with Crippen LogP contribution in [0.4, 0.5) is 11.4 Å². The second-order valence-corrected chi connectivity index (χ2v) is 4.04. The number of hydrogen-bond donors (Lipinski definition) is 5. The van der Waals surface area contributed by atoms with Crippen molar-refractivity contribution in [2.45, 2.75) is 0 Å². The first kappa shape index (κ1) is 15.4. The van der Waals surface area contributed by atoms with Gasteiger partial charge in [0.2, 0.25) is 0 Å². The van der Waals surface area contributed by atoms with E-state index < -0.39 is 0 Å². The van der Waals surface area contributed by atoms with Crippen LogP contribution < -0.4 is 22.1 Å². The van der Waals surface area contributed by atoms with Crippen LogP contribution in [0.1, 0.15) is 0 Å². The largest absolute Gasteiger partial charge is 0.383 e. The Hall–Kier alpha value is -2.69. The minimum Gasteiger partial charge on any atom is -0.383 e. The first-order chi connectivity index (χ1) is 9.68. The van der Waals surface area contributed by atoms with Crippen LogP contribution in [-0.4, -0.2) is 19.0 Å². The molecule has 0 aliphatic rings. The van der Waals surface area contributed by atoms with Gasteiger partial charge in [0.05, 0.1) is 0 Å². The van der Waals surface area contributed by atoms with Crippen molar-refractivity contribution in [3.63, 3.8) is 0 Å². The van der Waals surface area contributed by atoms with E-state index in [9.17, 15) is 0 Å². The van der Waals surface area contributed by atoms with Gasteiger partial charge in [0.15, 0.2) is 5.96 Å². The van der Waals surface area contributed by atoms with E-state index in [1.54, 1.807) is 0 Å². The Balaban J connectivity index is 0.000000444. The number of benzene rings is 2. The molecule has 5 heteroatoms. The van der Waals surface area contributed by atoms with Gasteiger partial charge in [-0.2, -0.15) is 0 Å². The Morgan fingerprint density at radius 1 is 0.750 bits per heavy atom. The fraction of sp³-hybridized carbons (Fsp3) is 0.133. The summed E-state index contributed by atoms with van der Waals surface area (Å²) >= 11 is 0. The van der Waals surface area contributed by atoms with Crippen molar-refractivity contribution in [2.75, 3.05) is 23.7 Å². The predicted octanol–water partition coefficient (Wildman–Crippen LogP) is 2.05. The van der Waals surface area contributed by atoms with Gasteiger partial charge in [0.1, 0.15) is 0 Å². The van der Waals surface area contributed by atoms with Crippen LogP contribution in [0.5, 0.6) is 0 Å². The Morgan fingerprint density at radius 3 is 1.35 bits per heavy atom. The van der Waals surface area contributed by atoms with Crippen LogP contribution in [0.15, 0.2) is 60.7 Å². The molecule has 0 aromatic heterocycles. The van der Waals surface area contributed by atoms with E-state index in [4.69, 9.17) is 5.41 Å². The minimum absolute atomic E-state index is 0.333. The molecule has 0 bridgehead atoms. The van der Waals surface area contributed by atoms with E-state index in [0.717, 1.165) is 24.5 Å². The van der Waals surface area contributed by atoms with Gasteiger partial charge in [-0.1, -0.05) is 36.4 Å². The van der Waals surface area contributed by atoms with Crippen molar-refractivity contribution >= 4 is 17.3 Å².